The molecule has 1 aromatic rings. The number of allylic oxidation sites excluding steroid dienone is 4. The van der Waals surface area contributed by atoms with Crippen molar-refractivity contribution in [2.75, 3.05) is 0 Å². The third-order valence-corrected chi connectivity index (χ3v) is 1.59. The van der Waals surface area contributed by atoms with E-state index in [1.54, 1.807) is 12.5 Å². The molecular weight excluding hydrogens is 160 g/mol. The second-order valence-electron chi connectivity index (χ2n) is 2.88. The number of H-pyrrole nitrogens is 1. The molecule has 0 aromatic carbocycles. The van der Waals surface area contributed by atoms with Gasteiger partial charge < -0.3 is 4.98 Å². The van der Waals surface area contributed by atoms with Crippen LogP contribution < -0.4 is 0 Å². The highest BCUT2D eigenvalue weighted by Gasteiger charge is 1.86. The summed E-state index contributed by atoms with van der Waals surface area (Å²) in [6.07, 6.45) is 11.0. The number of hydrogen-bond donors (Lipinski definition) is 1. The normalized spacial score (nSPS) is 12.6. The molecule has 0 amide bonds. The summed E-state index contributed by atoms with van der Waals surface area (Å²) in [5, 5.41) is 0. The van der Waals surface area contributed by atoms with Crippen molar-refractivity contribution in [2.24, 2.45) is 0 Å². The number of rotatable bonds is 0. The van der Waals surface area contributed by atoms with Gasteiger partial charge in [-0.25, -0.2) is 4.98 Å². The fourth-order valence-corrected chi connectivity index (χ4v) is 0.880. The van der Waals surface area contributed by atoms with Crippen LogP contribution in [0.2, 0.25) is 0 Å². The van der Waals surface area contributed by atoms with E-state index in [4.69, 9.17) is 0 Å². The lowest BCUT2D eigenvalue weighted by molar-refractivity contribution is 1.25. The highest BCUT2D eigenvalue weighted by Crippen LogP contribution is 2.06. The predicted molar refractivity (Wildman–Crippen MR) is 57.6 cm³/mol. The zero-order chi connectivity index (χ0) is 8.81. The first kappa shape index (κ1) is 11.7. The van der Waals surface area contributed by atoms with Crippen LogP contribution >= 0.6 is 0 Å². The monoisotopic (exact) mass is 178 g/mol. The highest BCUT2D eigenvalue weighted by atomic mass is 14.8. The molecule has 2 heteroatoms. The Kier molecular flexibility index (Phi) is 5.60. The van der Waals surface area contributed by atoms with Gasteiger partial charge in [-0.15, -0.1) is 0 Å². The van der Waals surface area contributed by atoms with E-state index in [-0.39, 0.29) is 7.43 Å². The number of aryl methyl sites for hydroxylation is 1. The molecule has 0 unspecified atom stereocenters. The summed E-state index contributed by atoms with van der Waals surface area (Å²) >= 11 is 0. The summed E-state index contributed by atoms with van der Waals surface area (Å²) in [6.45, 7) is 4.10. The molecule has 0 aliphatic heterocycles. The number of hydrogen-bond acceptors (Lipinski definition) is 1. The molecule has 0 radical (unpaired) electrons. The fraction of sp³-hybridized carbons (Fsp3) is 0.364. The van der Waals surface area contributed by atoms with E-state index in [0.717, 1.165) is 5.69 Å². The van der Waals surface area contributed by atoms with Crippen LogP contribution in [0.15, 0.2) is 36.3 Å². The number of imidazole rings is 1. The van der Waals surface area contributed by atoms with Gasteiger partial charge in [0.05, 0.1) is 6.33 Å². The van der Waals surface area contributed by atoms with Crippen molar-refractivity contribution < 1.29 is 0 Å². The first-order valence-corrected chi connectivity index (χ1v) is 4.06. The average Bonchev–Trinajstić information content (AvgIpc) is 2.63. The average molecular weight is 178 g/mol. The van der Waals surface area contributed by atoms with E-state index < -0.39 is 0 Å². The van der Waals surface area contributed by atoms with Gasteiger partial charge in [0.25, 0.3) is 0 Å². The molecule has 1 aliphatic carbocycles. The molecule has 1 heterocycles. The van der Waals surface area contributed by atoms with E-state index in [1.807, 2.05) is 6.92 Å². The molecule has 1 aliphatic rings. The molecule has 2 rings (SSSR count). The molecule has 72 valence electrons. The van der Waals surface area contributed by atoms with Gasteiger partial charge in [0.1, 0.15) is 0 Å². The van der Waals surface area contributed by atoms with Crippen molar-refractivity contribution in [3.63, 3.8) is 0 Å². The van der Waals surface area contributed by atoms with Gasteiger partial charge in [-0.05, 0) is 20.3 Å². The third kappa shape index (κ3) is 5.01. The lowest BCUT2D eigenvalue weighted by Crippen LogP contribution is -1.59. The summed E-state index contributed by atoms with van der Waals surface area (Å²) < 4.78 is 0. The quantitative estimate of drug-likeness (QED) is 0.649. The molecule has 1 N–H and O–H groups in total. The Hall–Kier alpha value is -1.31. The van der Waals surface area contributed by atoms with Gasteiger partial charge in [0, 0.05) is 11.9 Å². The molecule has 0 spiro atoms. The first-order valence-electron chi connectivity index (χ1n) is 4.06. The third-order valence-electron chi connectivity index (χ3n) is 1.59. The van der Waals surface area contributed by atoms with Gasteiger partial charge in [-0.2, -0.15) is 0 Å². The molecule has 0 fully saturated rings. The highest BCUT2D eigenvalue weighted by molar-refractivity contribution is 5.20. The summed E-state index contributed by atoms with van der Waals surface area (Å²) in [5.41, 5.74) is 2.57. The van der Waals surface area contributed by atoms with Crippen LogP contribution in [-0.2, 0) is 0 Å². The van der Waals surface area contributed by atoms with E-state index in [0.29, 0.717) is 0 Å². The maximum Gasteiger partial charge on any atom is 0.0921 e. The molecule has 2 nitrogen and oxygen atoms in total. The number of aromatic amines is 1. The smallest absolute Gasteiger partial charge is 0.0921 e. The number of aromatic nitrogens is 2. The molecule has 13 heavy (non-hydrogen) atoms. The fourth-order valence-electron chi connectivity index (χ4n) is 0.880. The number of nitrogens with zero attached hydrogens (tertiary/aromatic N) is 1. The zero-order valence-electron chi connectivity index (χ0n) is 7.54. The lowest BCUT2D eigenvalue weighted by Gasteiger charge is -1.78. The summed E-state index contributed by atoms with van der Waals surface area (Å²) in [7, 11) is 0. The van der Waals surface area contributed by atoms with Crippen LogP contribution in [0.5, 0.6) is 0 Å². The van der Waals surface area contributed by atoms with E-state index in [2.05, 4.69) is 35.1 Å². The SMILES string of the molecule is C.CC1=CC=CC1.Cc1cnc[nH]1. The van der Waals surface area contributed by atoms with Gasteiger partial charge in [-0.1, -0.05) is 31.2 Å². The molecule has 0 bridgehead atoms. The van der Waals surface area contributed by atoms with Crippen LogP contribution in [0, 0.1) is 6.92 Å². The van der Waals surface area contributed by atoms with Gasteiger partial charge in [-0.3, -0.25) is 0 Å². The van der Waals surface area contributed by atoms with Crippen molar-refractivity contribution in [2.45, 2.75) is 27.7 Å². The zero-order valence-corrected chi connectivity index (χ0v) is 7.54. The summed E-state index contributed by atoms with van der Waals surface area (Å²) in [4.78, 5) is 6.66. The second-order valence-corrected chi connectivity index (χ2v) is 2.88. The second kappa shape index (κ2) is 6.23. The molecule has 0 saturated heterocycles. The standard InChI is InChI=1S/C6H8.C4H6N2.CH4/c1-6-4-2-3-5-6;1-4-2-5-3-6-4;/h2-4H,5H2,1H3;2-3H,1H3,(H,5,6);1H4. The largest absolute Gasteiger partial charge is 0.349 e. The van der Waals surface area contributed by atoms with E-state index in [1.165, 1.54) is 12.0 Å². The molecule has 0 atom stereocenters. The Bertz CT molecular complexity index is 268. The molecule has 1 aromatic heterocycles. The van der Waals surface area contributed by atoms with Crippen molar-refractivity contribution in [1.29, 1.82) is 0 Å². The van der Waals surface area contributed by atoms with Gasteiger partial charge >= 0.3 is 0 Å². The topological polar surface area (TPSA) is 28.7 Å². The predicted octanol–water partition coefficient (Wildman–Crippen LogP) is 3.25. The van der Waals surface area contributed by atoms with Crippen LogP contribution in [0.25, 0.3) is 0 Å². The van der Waals surface area contributed by atoms with Crippen molar-refractivity contribution in [3.05, 3.63) is 42.0 Å². The van der Waals surface area contributed by atoms with Crippen molar-refractivity contribution >= 4 is 0 Å². The van der Waals surface area contributed by atoms with Crippen LogP contribution in [-0.4, -0.2) is 9.97 Å². The van der Waals surface area contributed by atoms with Gasteiger partial charge in [0.15, 0.2) is 0 Å². The Morgan fingerprint density at radius 2 is 2.15 bits per heavy atom. The maximum atomic E-state index is 3.77. The van der Waals surface area contributed by atoms with Crippen LogP contribution in [0.3, 0.4) is 0 Å². The van der Waals surface area contributed by atoms with Crippen LogP contribution in [0.4, 0.5) is 0 Å². The maximum absolute atomic E-state index is 3.77. The van der Waals surface area contributed by atoms with Crippen molar-refractivity contribution in [3.8, 4) is 0 Å². The Balaban J connectivity index is 0.000000206. The summed E-state index contributed by atoms with van der Waals surface area (Å²) in [6, 6.07) is 0. The minimum Gasteiger partial charge on any atom is -0.349 e. The summed E-state index contributed by atoms with van der Waals surface area (Å²) in [5.74, 6) is 0. The molecule has 0 saturated carbocycles. The first-order chi connectivity index (χ1) is 5.79. The Morgan fingerprint density at radius 1 is 1.38 bits per heavy atom. The van der Waals surface area contributed by atoms with E-state index >= 15 is 0 Å². The van der Waals surface area contributed by atoms with Crippen LogP contribution in [0.1, 0.15) is 26.5 Å². The Morgan fingerprint density at radius 3 is 2.31 bits per heavy atom. The Labute approximate surface area is 80.4 Å². The minimum atomic E-state index is 0. The number of nitrogens with one attached hydrogen (secondary N) is 1. The molecular formula is C11H18N2. The van der Waals surface area contributed by atoms with E-state index in [9.17, 15) is 0 Å². The van der Waals surface area contributed by atoms with Crippen molar-refractivity contribution in [1.82, 2.24) is 9.97 Å². The minimum absolute atomic E-state index is 0. The van der Waals surface area contributed by atoms with Gasteiger partial charge in [0.2, 0.25) is 0 Å². The lowest BCUT2D eigenvalue weighted by atomic mass is 10.3.